The molecule has 0 aliphatic carbocycles. The predicted molar refractivity (Wildman–Crippen MR) is 73.7 cm³/mol. The lowest BCUT2D eigenvalue weighted by Gasteiger charge is -2.07. The van der Waals surface area contributed by atoms with Gasteiger partial charge in [-0.05, 0) is 47.1 Å². The third kappa shape index (κ3) is 3.16. The maximum absolute atomic E-state index is 13.7. The van der Waals surface area contributed by atoms with Crippen LogP contribution in [0.15, 0.2) is 28.7 Å². The van der Waals surface area contributed by atoms with Crippen LogP contribution in [-0.2, 0) is 13.1 Å². The average Bonchev–Trinajstić information content (AvgIpc) is 2.74. The maximum Gasteiger partial charge on any atom is 0.144 e. The number of nitrogens with one attached hydrogen (secondary N) is 1. The van der Waals surface area contributed by atoms with Gasteiger partial charge >= 0.3 is 0 Å². The second kappa shape index (κ2) is 5.91. The van der Waals surface area contributed by atoms with E-state index in [0.29, 0.717) is 6.54 Å². The summed E-state index contributed by atoms with van der Waals surface area (Å²) in [7, 11) is 0. The fraction of sp³-hybridized carbons (Fsp3) is 0.231. The van der Waals surface area contributed by atoms with Crippen LogP contribution in [0, 0.1) is 18.6 Å². The van der Waals surface area contributed by atoms with Crippen molar-refractivity contribution in [2.24, 2.45) is 0 Å². The van der Waals surface area contributed by atoms with Gasteiger partial charge in [0.15, 0.2) is 0 Å². The van der Waals surface area contributed by atoms with Gasteiger partial charge in [0, 0.05) is 28.4 Å². The van der Waals surface area contributed by atoms with Crippen LogP contribution in [0.4, 0.5) is 8.78 Å². The molecule has 96 valence electrons. The molecule has 0 unspecified atom stereocenters. The van der Waals surface area contributed by atoms with Gasteiger partial charge in [0.25, 0.3) is 0 Å². The summed E-state index contributed by atoms with van der Waals surface area (Å²) in [5.41, 5.74) is 0.0673. The van der Waals surface area contributed by atoms with Crippen molar-refractivity contribution in [3.05, 3.63) is 55.7 Å². The van der Waals surface area contributed by atoms with Crippen LogP contribution in [0.1, 0.15) is 15.3 Å². The van der Waals surface area contributed by atoms with Crippen molar-refractivity contribution in [1.82, 2.24) is 5.32 Å². The van der Waals surface area contributed by atoms with Crippen LogP contribution in [0.5, 0.6) is 0 Å². The highest BCUT2D eigenvalue weighted by Crippen LogP contribution is 2.21. The van der Waals surface area contributed by atoms with E-state index >= 15 is 0 Å². The molecule has 1 nitrogen and oxygen atoms in total. The van der Waals surface area contributed by atoms with Gasteiger partial charge in [0.05, 0.1) is 4.47 Å². The van der Waals surface area contributed by atoms with Gasteiger partial charge in [-0.15, -0.1) is 11.3 Å². The molecule has 0 amide bonds. The molecule has 0 spiro atoms. The van der Waals surface area contributed by atoms with Crippen molar-refractivity contribution in [2.75, 3.05) is 0 Å². The maximum atomic E-state index is 13.7. The molecule has 0 atom stereocenters. The topological polar surface area (TPSA) is 12.0 Å². The van der Waals surface area contributed by atoms with Crippen LogP contribution in [0.3, 0.4) is 0 Å². The van der Waals surface area contributed by atoms with Gasteiger partial charge in [-0.25, -0.2) is 8.78 Å². The Balaban J connectivity index is 2.00. The first-order chi connectivity index (χ1) is 8.58. The molecule has 0 saturated heterocycles. The summed E-state index contributed by atoms with van der Waals surface area (Å²) in [4.78, 5) is 2.38. The zero-order valence-corrected chi connectivity index (χ0v) is 12.2. The normalized spacial score (nSPS) is 10.9. The van der Waals surface area contributed by atoms with Crippen molar-refractivity contribution >= 4 is 27.3 Å². The summed E-state index contributed by atoms with van der Waals surface area (Å²) in [6, 6.07) is 6.68. The Bertz CT molecular complexity index is 554. The van der Waals surface area contributed by atoms with E-state index in [4.69, 9.17) is 0 Å². The van der Waals surface area contributed by atoms with E-state index in [9.17, 15) is 8.78 Å². The fourth-order valence-electron chi connectivity index (χ4n) is 1.62. The molecular formula is C13H12BrF2NS. The zero-order valence-electron chi connectivity index (χ0n) is 9.77. The fourth-order valence-corrected chi connectivity index (χ4v) is 2.85. The van der Waals surface area contributed by atoms with Crippen LogP contribution in [0.25, 0.3) is 0 Å². The lowest BCUT2D eigenvalue weighted by Crippen LogP contribution is -2.14. The molecule has 0 aliphatic rings. The molecule has 2 rings (SSSR count). The molecule has 0 bridgehead atoms. The molecule has 0 fully saturated rings. The molecule has 5 heteroatoms. The Kier molecular flexibility index (Phi) is 4.48. The third-order valence-electron chi connectivity index (χ3n) is 2.54. The molecule has 1 heterocycles. The van der Waals surface area contributed by atoms with Gasteiger partial charge in [-0.3, -0.25) is 0 Å². The van der Waals surface area contributed by atoms with Gasteiger partial charge in [-0.1, -0.05) is 0 Å². The summed E-state index contributed by atoms with van der Waals surface area (Å²) in [6.45, 7) is 2.82. The second-order valence-electron chi connectivity index (χ2n) is 3.94. The first kappa shape index (κ1) is 13.6. The van der Waals surface area contributed by atoms with Crippen LogP contribution >= 0.6 is 27.3 Å². The van der Waals surface area contributed by atoms with E-state index in [2.05, 4.69) is 21.2 Å². The molecule has 0 saturated carbocycles. The van der Waals surface area contributed by atoms with Crippen molar-refractivity contribution in [1.29, 1.82) is 0 Å². The average molecular weight is 332 g/mol. The molecule has 0 radical (unpaired) electrons. The van der Waals surface area contributed by atoms with E-state index in [1.165, 1.54) is 17.0 Å². The summed E-state index contributed by atoms with van der Waals surface area (Å²) in [5.74, 6) is -1.06. The number of rotatable bonds is 4. The van der Waals surface area contributed by atoms with E-state index in [-0.39, 0.29) is 16.6 Å². The van der Waals surface area contributed by atoms with E-state index in [1.807, 2.05) is 19.1 Å². The van der Waals surface area contributed by atoms with E-state index in [0.717, 1.165) is 4.88 Å². The third-order valence-corrected chi connectivity index (χ3v) is 4.15. The molecule has 1 aromatic heterocycles. The lowest BCUT2D eigenvalue weighted by atomic mass is 10.2. The quantitative estimate of drug-likeness (QED) is 0.819. The van der Waals surface area contributed by atoms with Crippen LogP contribution in [0.2, 0.25) is 0 Å². The number of benzene rings is 1. The Labute approximate surface area is 117 Å². The van der Waals surface area contributed by atoms with E-state index < -0.39 is 11.6 Å². The number of hydrogen-bond donors (Lipinski definition) is 1. The first-order valence-electron chi connectivity index (χ1n) is 5.46. The molecule has 18 heavy (non-hydrogen) atoms. The predicted octanol–water partition coefficient (Wildman–Crippen LogP) is 4.39. The number of aryl methyl sites for hydroxylation is 1. The van der Waals surface area contributed by atoms with Gasteiger partial charge in [0.2, 0.25) is 0 Å². The minimum absolute atomic E-state index is 0.0673. The Hall–Kier alpha value is -0.780. The smallest absolute Gasteiger partial charge is 0.144 e. The summed E-state index contributed by atoms with van der Waals surface area (Å²) in [5, 5.41) is 3.05. The molecular weight excluding hydrogens is 320 g/mol. The number of hydrogen-bond acceptors (Lipinski definition) is 2. The Morgan fingerprint density at radius 3 is 2.61 bits per heavy atom. The Morgan fingerprint density at radius 1 is 1.17 bits per heavy atom. The van der Waals surface area contributed by atoms with Crippen molar-refractivity contribution < 1.29 is 8.78 Å². The van der Waals surface area contributed by atoms with Gasteiger partial charge in [-0.2, -0.15) is 0 Å². The minimum Gasteiger partial charge on any atom is -0.308 e. The zero-order chi connectivity index (χ0) is 13.1. The van der Waals surface area contributed by atoms with Crippen LogP contribution in [-0.4, -0.2) is 0 Å². The van der Waals surface area contributed by atoms with Gasteiger partial charge < -0.3 is 5.32 Å². The monoisotopic (exact) mass is 331 g/mol. The SMILES string of the molecule is Cc1ccc(CNCc2c(F)ccc(Br)c2F)s1. The number of halogens is 3. The highest BCUT2D eigenvalue weighted by Gasteiger charge is 2.11. The Morgan fingerprint density at radius 2 is 1.94 bits per heavy atom. The lowest BCUT2D eigenvalue weighted by molar-refractivity contribution is 0.532. The second-order valence-corrected chi connectivity index (χ2v) is 6.16. The summed E-state index contributed by atoms with van der Waals surface area (Å²) >= 11 is 4.73. The largest absolute Gasteiger partial charge is 0.308 e. The van der Waals surface area contributed by atoms with Crippen molar-refractivity contribution in [3.8, 4) is 0 Å². The van der Waals surface area contributed by atoms with Crippen molar-refractivity contribution in [3.63, 3.8) is 0 Å². The summed E-state index contributed by atoms with van der Waals surface area (Å²) < 4.78 is 27.4. The standard InChI is InChI=1S/C13H12BrF2NS/c1-8-2-3-9(18-8)6-17-7-10-12(15)5-4-11(14)13(10)16/h2-5,17H,6-7H2,1H3. The molecule has 1 N–H and O–H groups in total. The molecule has 2 aromatic rings. The number of thiophene rings is 1. The van der Waals surface area contributed by atoms with Crippen molar-refractivity contribution in [2.45, 2.75) is 20.0 Å². The highest BCUT2D eigenvalue weighted by atomic mass is 79.9. The highest BCUT2D eigenvalue weighted by molar-refractivity contribution is 9.10. The summed E-state index contributed by atoms with van der Waals surface area (Å²) in [6.07, 6.45) is 0. The molecule has 1 aromatic carbocycles. The minimum atomic E-state index is -0.537. The van der Waals surface area contributed by atoms with Crippen LogP contribution < -0.4 is 5.32 Å². The first-order valence-corrected chi connectivity index (χ1v) is 7.07. The van der Waals surface area contributed by atoms with Gasteiger partial charge in [0.1, 0.15) is 11.6 Å². The van der Waals surface area contributed by atoms with E-state index in [1.54, 1.807) is 11.3 Å². The molecule has 0 aliphatic heterocycles.